The Balaban J connectivity index is 0.000000239. The number of alkyl halides is 5. The highest BCUT2D eigenvalue weighted by molar-refractivity contribution is 5.95. The van der Waals surface area contributed by atoms with Gasteiger partial charge in [-0.3, -0.25) is 4.79 Å². The third kappa shape index (κ3) is 10.5. The summed E-state index contributed by atoms with van der Waals surface area (Å²) < 4.78 is 108. The number of nitrogens with two attached hydrogens (primary N) is 1. The van der Waals surface area contributed by atoms with E-state index < -0.39 is 41.7 Å². The highest BCUT2D eigenvalue weighted by atomic mass is 19.4. The molecule has 5 rings (SSSR count). The molecule has 46 heavy (non-hydrogen) atoms. The van der Waals surface area contributed by atoms with E-state index in [4.69, 9.17) is 10.5 Å². The minimum absolute atomic E-state index is 0.0774. The lowest BCUT2D eigenvalue weighted by Gasteiger charge is -2.09. The highest BCUT2D eigenvalue weighted by Gasteiger charge is 2.36. The zero-order valence-corrected chi connectivity index (χ0v) is 24.8. The van der Waals surface area contributed by atoms with Crippen molar-refractivity contribution >= 4 is 24.5 Å². The standard InChI is InChI=1S/C15H16F2O.C8H7F4N.C8H7F2NO2.CH2O/c16-15(17)18-13-3-1-2-10(8-13)9-14-11-4-5-12(14)7-6-11;1-13-5-2-3-7(9)6(4-5)8(10,11)12;1-13-7-3-6(10)5(9)2-4(7)8(11)12;1-2/h1-3,8-9,11-12,15H,4-7H2;2-4,13H,1H3;2-3H,1H3,(H2,11,12);1H2. The van der Waals surface area contributed by atoms with Gasteiger partial charge in [0.15, 0.2) is 11.6 Å². The number of primary amides is 1. The van der Waals surface area contributed by atoms with Gasteiger partial charge in [-0.25, -0.2) is 13.2 Å². The van der Waals surface area contributed by atoms with Crippen LogP contribution < -0.4 is 20.5 Å². The molecule has 2 aliphatic rings. The van der Waals surface area contributed by atoms with Gasteiger partial charge in [-0.15, -0.1) is 0 Å². The molecule has 3 N–H and O–H groups in total. The molecule has 250 valence electrons. The fourth-order valence-corrected chi connectivity index (χ4v) is 5.09. The minimum atomic E-state index is -4.64. The van der Waals surface area contributed by atoms with Crippen LogP contribution in [0, 0.1) is 29.3 Å². The predicted octanol–water partition coefficient (Wildman–Crippen LogP) is 8.27. The van der Waals surface area contributed by atoms with E-state index in [1.807, 2.05) is 12.9 Å². The molecule has 0 spiro atoms. The molecule has 2 fully saturated rings. The third-order valence-electron chi connectivity index (χ3n) is 7.15. The number of ether oxygens (including phenoxy) is 2. The number of carbonyl (C=O) groups excluding carboxylic acids is 2. The number of allylic oxidation sites excluding steroid dienone is 1. The topological polar surface area (TPSA) is 90.6 Å². The lowest BCUT2D eigenvalue weighted by atomic mass is 10.0. The molecule has 2 saturated carbocycles. The Kier molecular flexibility index (Phi) is 14.0. The first-order valence-corrected chi connectivity index (χ1v) is 13.7. The first-order chi connectivity index (χ1) is 21.7. The molecule has 14 heteroatoms. The van der Waals surface area contributed by atoms with Crippen molar-refractivity contribution in [1.82, 2.24) is 0 Å². The van der Waals surface area contributed by atoms with Gasteiger partial charge in [0.25, 0.3) is 5.91 Å². The normalized spacial score (nSPS) is 16.2. The molecule has 0 radical (unpaired) electrons. The minimum Gasteiger partial charge on any atom is -0.496 e. The molecule has 6 nitrogen and oxygen atoms in total. The van der Waals surface area contributed by atoms with Crippen molar-refractivity contribution in [3.63, 3.8) is 0 Å². The number of carbonyl (C=O) groups is 2. The number of rotatable bonds is 6. The molecule has 3 aromatic carbocycles. The van der Waals surface area contributed by atoms with Gasteiger partial charge in [0.2, 0.25) is 0 Å². The number of methoxy groups -OCH3 is 1. The van der Waals surface area contributed by atoms with Gasteiger partial charge in [-0.05, 0) is 79.5 Å². The van der Waals surface area contributed by atoms with Crippen molar-refractivity contribution in [1.29, 1.82) is 0 Å². The van der Waals surface area contributed by atoms with Crippen molar-refractivity contribution in [3.05, 3.63) is 94.3 Å². The van der Waals surface area contributed by atoms with Crippen LogP contribution in [0.5, 0.6) is 11.5 Å². The molecule has 0 heterocycles. The van der Waals surface area contributed by atoms with Crippen molar-refractivity contribution in [2.24, 2.45) is 17.6 Å². The first kappa shape index (κ1) is 37.6. The first-order valence-electron chi connectivity index (χ1n) is 13.7. The average molecular weight is 661 g/mol. The summed E-state index contributed by atoms with van der Waals surface area (Å²) in [5.41, 5.74) is 6.19. The number of benzene rings is 3. The smallest absolute Gasteiger partial charge is 0.419 e. The molecule has 0 saturated heterocycles. The Labute approximate surface area is 260 Å². The summed E-state index contributed by atoms with van der Waals surface area (Å²) in [6, 6.07) is 11.2. The van der Waals surface area contributed by atoms with Gasteiger partial charge in [-0.1, -0.05) is 23.8 Å². The number of halogens is 8. The average Bonchev–Trinajstić information content (AvgIpc) is 3.58. The molecule has 0 atom stereocenters. The Hall–Kier alpha value is -4.62. The largest absolute Gasteiger partial charge is 0.496 e. The SMILES string of the molecule is C=O.CNc1ccc(F)c(C(F)(F)F)c1.COc1cc(F)c(F)cc1C(N)=O.FC(F)Oc1cccc(C=C2C3CCC2CC3)c1. The second kappa shape index (κ2) is 17.2. The maximum absolute atomic E-state index is 12.7. The van der Waals surface area contributed by atoms with E-state index in [1.165, 1.54) is 51.5 Å². The van der Waals surface area contributed by atoms with E-state index in [0.29, 0.717) is 6.07 Å². The summed E-state index contributed by atoms with van der Waals surface area (Å²) in [6.45, 7) is -0.754. The Morgan fingerprint density at radius 2 is 1.52 bits per heavy atom. The summed E-state index contributed by atoms with van der Waals surface area (Å²) in [7, 11) is 2.70. The van der Waals surface area contributed by atoms with Crippen LogP contribution in [0.25, 0.3) is 6.08 Å². The number of hydrogen-bond donors (Lipinski definition) is 2. The van der Waals surface area contributed by atoms with Gasteiger partial charge in [0, 0.05) is 18.8 Å². The second-order valence-electron chi connectivity index (χ2n) is 9.92. The van der Waals surface area contributed by atoms with E-state index in [-0.39, 0.29) is 22.7 Å². The van der Waals surface area contributed by atoms with Gasteiger partial charge < -0.3 is 25.3 Å². The fourth-order valence-electron chi connectivity index (χ4n) is 5.09. The third-order valence-corrected chi connectivity index (χ3v) is 7.15. The summed E-state index contributed by atoms with van der Waals surface area (Å²) >= 11 is 0. The molecule has 2 bridgehead atoms. The Morgan fingerprint density at radius 3 is 2.02 bits per heavy atom. The summed E-state index contributed by atoms with van der Waals surface area (Å²) in [6.07, 6.45) is 2.71. The van der Waals surface area contributed by atoms with E-state index in [2.05, 4.69) is 20.9 Å². The lowest BCUT2D eigenvalue weighted by molar-refractivity contribution is -0.139. The number of hydrogen-bond acceptors (Lipinski definition) is 5. The van der Waals surface area contributed by atoms with Crippen molar-refractivity contribution < 1.29 is 54.2 Å². The van der Waals surface area contributed by atoms with Crippen LogP contribution in [-0.4, -0.2) is 33.5 Å². The van der Waals surface area contributed by atoms with Gasteiger partial charge in [-0.2, -0.15) is 22.0 Å². The van der Waals surface area contributed by atoms with Gasteiger partial charge >= 0.3 is 12.8 Å². The number of anilines is 1. The van der Waals surface area contributed by atoms with Crippen LogP contribution >= 0.6 is 0 Å². The van der Waals surface area contributed by atoms with Gasteiger partial charge in [0.05, 0.1) is 18.2 Å². The summed E-state index contributed by atoms with van der Waals surface area (Å²) in [5, 5.41) is 2.50. The van der Waals surface area contributed by atoms with E-state index in [9.17, 15) is 39.9 Å². The predicted molar refractivity (Wildman–Crippen MR) is 156 cm³/mol. The maximum atomic E-state index is 12.7. The fraction of sp³-hybridized carbons (Fsp3) is 0.312. The zero-order valence-electron chi connectivity index (χ0n) is 24.8. The number of amides is 1. The Bertz CT molecular complexity index is 1480. The van der Waals surface area contributed by atoms with Crippen molar-refractivity contribution in [3.8, 4) is 11.5 Å². The highest BCUT2D eigenvalue weighted by Crippen LogP contribution is 2.49. The zero-order chi connectivity index (χ0) is 34.6. The van der Waals surface area contributed by atoms with Crippen LogP contribution in [0.3, 0.4) is 0 Å². The van der Waals surface area contributed by atoms with E-state index in [1.54, 1.807) is 18.2 Å². The number of fused-ring (bicyclic) bond motifs is 2. The molecular formula is C32H32F8N2O4. The van der Waals surface area contributed by atoms with Crippen molar-refractivity contribution in [2.75, 3.05) is 19.5 Å². The van der Waals surface area contributed by atoms with Crippen LogP contribution in [-0.2, 0) is 11.0 Å². The monoisotopic (exact) mass is 660 g/mol. The van der Waals surface area contributed by atoms with Crippen LogP contribution in [0.2, 0.25) is 0 Å². The summed E-state index contributed by atoms with van der Waals surface area (Å²) in [5.74, 6) is -2.71. The second-order valence-corrected chi connectivity index (χ2v) is 9.92. The molecular weight excluding hydrogens is 628 g/mol. The van der Waals surface area contributed by atoms with E-state index >= 15 is 0 Å². The molecule has 2 aliphatic carbocycles. The quantitative estimate of drug-likeness (QED) is 0.260. The van der Waals surface area contributed by atoms with Crippen LogP contribution in [0.15, 0.2) is 60.2 Å². The van der Waals surface area contributed by atoms with Crippen LogP contribution in [0.1, 0.15) is 47.2 Å². The maximum Gasteiger partial charge on any atom is 0.419 e. The Morgan fingerprint density at radius 1 is 0.935 bits per heavy atom. The molecule has 1 amide bonds. The van der Waals surface area contributed by atoms with Gasteiger partial charge in [0.1, 0.15) is 24.1 Å². The molecule has 0 aliphatic heterocycles. The molecule has 0 unspecified atom stereocenters. The summed E-state index contributed by atoms with van der Waals surface area (Å²) in [4.78, 5) is 18.7. The lowest BCUT2D eigenvalue weighted by Crippen LogP contribution is -2.13. The number of nitrogens with one attached hydrogen (secondary N) is 1. The molecule has 0 aromatic heterocycles. The van der Waals surface area contributed by atoms with E-state index in [0.717, 1.165) is 35.6 Å². The van der Waals surface area contributed by atoms with Crippen LogP contribution in [0.4, 0.5) is 40.8 Å². The molecule has 3 aromatic rings. The van der Waals surface area contributed by atoms with Crippen molar-refractivity contribution in [2.45, 2.75) is 38.5 Å².